The van der Waals surface area contributed by atoms with E-state index >= 15 is 0 Å². The van der Waals surface area contributed by atoms with Gasteiger partial charge in [-0.1, -0.05) is 49.1 Å². The van der Waals surface area contributed by atoms with Crippen molar-refractivity contribution < 1.29 is 24.2 Å². The molecule has 1 saturated heterocycles. The highest BCUT2D eigenvalue weighted by Gasteiger charge is 2.46. The van der Waals surface area contributed by atoms with Gasteiger partial charge in [0.05, 0.1) is 11.6 Å². The maximum atomic E-state index is 13.5. The lowest BCUT2D eigenvalue weighted by Crippen LogP contribution is -2.29. The number of aliphatic hydroxyl groups excluding tert-OH is 1. The summed E-state index contributed by atoms with van der Waals surface area (Å²) in [6.07, 6.45) is 4.94. The van der Waals surface area contributed by atoms with E-state index in [0.717, 1.165) is 11.1 Å². The fourth-order valence-corrected chi connectivity index (χ4v) is 4.71. The van der Waals surface area contributed by atoms with E-state index in [1.165, 1.54) is 4.90 Å². The van der Waals surface area contributed by atoms with E-state index in [4.69, 9.17) is 9.47 Å². The Kier molecular flexibility index (Phi) is 7.73. The van der Waals surface area contributed by atoms with Crippen molar-refractivity contribution in [1.29, 1.82) is 0 Å². The van der Waals surface area contributed by atoms with E-state index in [1.807, 2.05) is 49.4 Å². The van der Waals surface area contributed by atoms with Crippen molar-refractivity contribution >= 4 is 17.4 Å². The Morgan fingerprint density at radius 1 is 1.00 bits per heavy atom. The number of pyridine rings is 1. The molecular weight excluding hydrogens is 504 g/mol. The lowest BCUT2D eigenvalue weighted by molar-refractivity contribution is -0.140. The van der Waals surface area contributed by atoms with E-state index in [9.17, 15) is 14.7 Å². The summed E-state index contributed by atoms with van der Waals surface area (Å²) in [7, 11) is 0. The largest absolute Gasteiger partial charge is 0.507 e. The average Bonchev–Trinajstić information content (AvgIpc) is 3.22. The molecule has 0 aliphatic carbocycles. The van der Waals surface area contributed by atoms with Crippen molar-refractivity contribution in [3.8, 4) is 17.2 Å². The van der Waals surface area contributed by atoms with Crippen LogP contribution in [0.4, 0.5) is 0 Å². The molecule has 1 N–H and O–H groups in total. The van der Waals surface area contributed by atoms with Gasteiger partial charge in [0.2, 0.25) is 0 Å². The highest BCUT2D eigenvalue weighted by molar-refractivity contribution is 6.46. The van der Waals surface area contributed by atoms with Gasteiger partial charge in [-0.15, -0.1) is 0 Å². The van der Waals surface area contributed by atoms with Crippen LogP contribution in [0.3, 0.4) is 0 Å². The Morgan fingerprint density at radius 2 is 1.80 bits per heavy atom. The highest BCUT2D eigenvalue weighted by Crippen LogP contribution is 2.41. The first-order chi connectivity index (χ1) is 19.5. The van der Waals surface area contributed by atoms with Crippen LogP contribution in [-0.2, 0) is 16.1 Å². The molecule has 1 aliphatic rings. The summed E-state index contributed by atoms with van der Waals surface area (Å²) in [6, 6.07) is 24.4. The number of nitrogens with zero attached hydrogens (tertiary/aromatic N) is 2. The molecule has 0 bridgehead atoms. The molecule has 1 amide bonds. The van der Waals surface area contributed by atoms with Crippen LogP contribution in [0.5, 0.6) is 17.2 Å². The van der Waals surface area contributed by atoms with Crippen LogP contribution in [0, 0.1) is 6.92 Å². The number of Topliss-reactive ketones (excluding diaryl/α,β-unsaturated/α-hetero) is 1. The molecule has 3 aromatic carbocycles. The highest BCUT2D eigenvalue weighted by atomic mass is 16.5. The van der Waals surface area contributed by atoms with Gasteiger partial charge in [-0.05, 0) is 72.1 Å². The number of likely N-dealkylation sites (tertiary alicyclic amines) is 1. The van der Waals surface area contributed by atoms with Crippen LogP contribution in [0.15, 0.2) is 116 Å². The molecule has 7 heteroatoms. The SMILES string of the molecule is C=CCOc1ccc(C(O)=C2C(=O)C(=O)N(Cc3cccnc3)[C@H]2c2cccc(Oc3ccccc3)c2)cc1C. The molecule has 5 rings (SSSR count). The van der Waals surface area contributed by atoms with Crippen LogP contribution >= 0.6 is 0 Å². The summed E-state index contributed by atoms with van der Waals surface area (Å²) in [5.41, 5.74) is 2.56. The first-order valence-corrected chi connectivity index (χ1v) is 12.8. The first-order valence-electron chi connectivity index (χ1n) is 12.8. The molecular formula is C33H28N2O5. The molecule has 2 heterocycles. The van der Waals surface area contributed by atoms with Crippen molar-refractivity contribution in [1.82, 2.24) is 9.88 Å². The predicted molar refractivity (Wildman–Crippen MR) is 152 cm³/mol. The van der Waals surface area contributed by atoms with Gasteiger partial charge in [0.1, 0.15) is 29.6 Å². The Morgan fingerprint density at radius 3 is 2.52 bits per heavy atom. The quantitative estimate of drug-likeness (QED) is 0.117. The second-order valence-electron chi connectivity index (χ2n) is 9.36. The molecule has 1 aromatic heterocycles. The number of ether oxygens (including phenoxy) is 2. The summed E-state index contributed by atoms with van der Waals surface area (Å²) in [6.45, 7) is 5.98. The zero-order chi connectivity index (χ0) is 28.1. The lowest BCUT2D eigenvalue weighted by Gasteiger charge is -2.25. The van der Waals surface area contributed by atoms with Crippen molar-refractivity contribution in [2.75, 3.05) is 6.61 Å². The maximum Gasteiger partial charge on any atom is 0.295 e. The number of para-hydroxylation sites is 1. The number of hydrogen-bond acceptors (Lipinski definition) is 6. The van der Waals surface area contributed by atoms with Gasteiger partial charge < -0.3 is 19.5 Å². The van der Waals surface area contributed by atoms with Crippen molar-refractivity contribution in [2.45, 2.75) is 19.5 Å². The number of hydrogen-bond donors (Lipinski definition) is 1. The smallest absolute Gasteiger partial charge is 0.295 e. The molecule has 7 nitrogen and oxygen atoms in total. The Labute approximate surface area is 232 Å². The number of aryl methyl sites for hydroxylation is 1. The lowest BCUT2D eigenvalue weighted by atomic mass is 9.94. The summed E-state index contributed by atoms with van der Waals surface area (Å²) >= 11 is 0. The minimum absolute atomic E-state index is 0.00455. The van der Waals surface area contributed by atoms with Crippen molar-refractivity contribution in [3.63, 3.8) is 0 Å². The number of carbonyl (C=O) groups excluding carboxylic acids is 2. The van der Waals surface area contributed by atoms with Crippen LogP contribution in [0.25, 0.3) is 5.76 Å². The van der Waals surface area contributed by atoms with Gasteiger partial charge in [0.25, 0.3) is 11.7 Å². The van der Waals surface area contributed by atoms with Gasteiger partial charge in [0.15, 0.2) is 0 Å². The number of benzene rings is 3. The maximum absolute atomic E-state index is 13.5. The monoisotopic (exact) mass is 532 g/mol. The van der Waals surface area contributed by atoms with Crippen LogP contribution in [0.1, 0.15) is 28.3 Å². The molecule has 1 aliphatic heterocycles. The zero-order valence-electron chi connectivity index (χ0n) is 22.0. The Balaban J connectivity index is 1.60. The molecule has 0 unspecified atom stereocenters. The summed E-state index contributed by atoms with van der Waals surface area (Å²) in [5.74, 6) is 0.104. The number of aromatic nitrogens is 1. The van der Waals surface area contributed by atoms with E-state index < -0.39 is 17.7 Å². The molecule has 0 radical (unpaired) electrons. The van der Waals surface area contributed by atoms with E-state index in [0.29, 0.717) is 35.0 Å². The number of rotatable bonds is 9. The van der Waals surface area contributed by atoms with Crippen molar-refractivity contribution in [3.05, 3.63) is 138 Å². The summed E-state index contributed by atoms with van der Waals surface area (Å²) in [5, 5.41) is 11.5. The Bertz CT molecular complexity index is 1580. The molecule has 4 aromatic rings. The number of ketones is 1. The molecule has 1 fully saturated rings. The van der Waals surface area contributed by atoms with Gasteiger partial charge in [-0.25, -0.2) is 0 Å². The second-order valence-corrected chi connectivity index (χ2v) is 9.36. The van der Waals surface area contributed by atoms with Gasteiger partial charge in [-0.3, -0.25) is 14.6 Å². The van der Waals surface area contributed by atoms with Gasteiger partial charge in [-0.2, -0.15) is 0 Å². The minimum Gasteiger partial charge on any atom is -0.507 e. The molecule has 1 atom stereocenters. The van der Waals surface area contributed by atoms with E-state index in [2.05, 4.69) is 11.6 Å². The summed E-state index contributed by atoms with van der Waals surface area (Å²) < 4.78 is 11.7. The molecule has 200 valence electrons. The van der Waals surface area contributed by atoms with Crippen molar-refractivity contribution in [2.24, 2.45) is 0 Å². The number of carbonyl (C=O) groups is 2. The Hall–Kier alpha value is -5.17. The second kappa shape index (κ2) is 11.7. The number of aliphatic hydroxyl groups is 1. The van der Waals surface area contributed by atoms with Crippen LogP contribution in [0.2, 0.25) is 0 Å². The van der Waals surface area contributed by atoms with Gasteiger partial charge >= 0.3 is 0 Å². The van der Waals surface area contributed by atoms with E-state index in [1.54, 1.807) is 60.9 Å². The standard InChI is InChI=1S/C33H28N2O5/c1-3-17-39-28-15-14-25(18-22(28)2)31(36)29-30(35(33(38)32(29)37)21-23-9-8-16-34-20-23)24-10-7-13-27(19-24)40-26-11-5-4-6-12-26/h3-16,18-20,30,36H,1,17,21H2,2H3/t30-/m0/s1. The normalized spacial score (nSPS) is 16.1. The fraction of sp³-hybridized carbons (Fsp3) is 0.121. The molecule has 40 heavy (non-hydrogen) atoms. The summed E-state index contributed by atoms with van der Waals surface area (Å²) in [4.78, 5) is 32.5. The third kappa shape index (κ3) is 5.49. The number of amides is 1. The van der Waals surface area contributed by atoms with E-state index in [-0.39, 0.29) is 17.9 Å². The average molecular weight is 533 g/mol. The van der Waals surface area contributed by atoms with Crippen LogP contribution in [-0.4, -0.2) is 33.3 Å². The predicted octanol–water partition coefficient (Wildman–Crippen LogP) is 6.37. The third-order valence-electron chi connectivity index (χ3n) is 6.57. The molecule has 0 saturated carbocycles. The zero-order valence-corrected chi connectivity index (χ0v) is 22.0. The minimum atomic E-state index is -0.850. The first kappa shape index (κ1) is 26.4. The van der Waals surface area contributed by atoms with Gasteiger partial charge in [0, 0.05) is 24.5 Å². The third-order valence-corrected chi connectivity index (χ3v) is 6.57. The topological polar surface area (TPSA) is 89.0 Å². The van der Waals surface area contributed by atoms with Crippen LogP contribution < -0.4 is 9.47 Å². The molecule has 0 spiro atoms. The fourth-order valence-electron chi connectivity index (χ4n) is 4.71.